The summed E-state index contributed by atoms with van der Waals surface area (Å²) in [6.07, 6.45) is 2.76. The third-order valence-corrected chi connectivity index (χ3v) is 5.22. The van der Waals surface area contributed by atoms with Crippen LogP contribution in [0.5, 0.6) is 0 Å². The molecule has 1 N–H and O–H groups in total. The minimum absolute atomic E-state index is 0.673. The van der Waals surface area contributed by atoms with E-state index in [9.17, 15) is 0 Å². The van der Waals surface area contributed by atoms with Crippen molar-refractivity contribution in [3.8, 4) is 0 Å². The van der Waals surface area contributed by atoms with Crippen molar-refractivity contribution in [1.29, 1.82) is 0 Å². The molecule has 0 bridgehead atoms. The number of rotatable bonds is 7. The van der Waals surface area contributed by atoms with E-state index < -0.39 is 0 Å². The smallest absolute Gasteiger partial charge is 0.173 e. The highest BCUT2D eigenvalue weighted by atomic mass is 32.1. The van der Waals surface area contributed by atoms with Gasteiger partial charge in [-0.2, -0.15) is 0 Å². The monoisotopic (exact) mass is 387 g/mol. The number of furan rings is 1. The standard InChI is InChI=1S/C21H29N3O2S/c1-17-6-7-18(2)20(15-17)22-21(27)24(16-19-5-3-12-26-19)9-4-8-23-10-13-25-14-11-23/h3,5-7,12,15H,4,8-11,13-14,16H2,1-2H3,(H,22,27). The molecule has 0 radical (unpaired) electrons. The molecule has 1 aliphatic rings. The molecule has 0 amide bonds. The Bertz CT molecular complexity index is 727. The van der Waals surface area contributed by atoms with E-state index in [1.807, 2.05) is 12.1 Å². The number of nitrogens with one attached hydrogen (secondary N) is 1. The molecule has 0 atom stereocenters. The third-order valence-electron chi connectivity index (χ3n) is 4.85. The summed E-state index contributed by atoms with van der Waals surface area (Å²) in [6.45, 7) is 10.5. The van der Waals surface area contributed by atoms with E-state index in [2.05, 4.69) is 47.2 Å². The molecule has 6 heteroatoms. The molecule has 1 saturated heterocycles. The van der Waals surface area contributed by atoms with E-state index in [-0.39, 0.29) is 0 Å². The van der Waals surface area contributed by atoms with Crippen molar-refractivity contribution >= 4 is 23.0 Å². The maximum atomic E-state index is 5.74. The molecular weight excluding hydrogens is 358 g/mol. The zero-order valence-electron chi connectivity index (χ0n) is 16.2. The van der Waals surface area contributed by atoms with E-state index in [0.29, 0.717) is 6.54 Å². The SMILES string of the molecule is Cc1ccc(C)c(NC(=S)N(CCCN2CCOCC2)Cc2ccco2)c1. The van der Waals surface area contributed by atoms with Gasteiger partial charge in [0.25, 0.3) is 0 Å². The lowest BCUT2D eigenvalue weighted by Gasteiger charge is -2.29. The first kappa shape index (κ1) is 19.9. The van der Waals surface area contributed by atoms with Gasteiger partial charge >= 0.3 is 0 Å². The Morgan fingerprint density at radius 2 is 2.04 bits per heavy atom. The number of benzene rings is 1. The van der Waals surface area contributed by atoms with Crippen LogP contribution >= 0.6 is 12.2 Å². The molecule has 1 aliphatic heterocycles. The van der Waals surface area contributed by atoms with Crippen molar-refractivity contribution in [3.05, 3.63) is 53.5 Å². The molecule has 1 aromatic heterocycles. The van der Waals surface area contributed by atoms with Gasteiger partial charge in [0.05, 0.1) is 26.0 Å². The van der Waals surface area contributed by atoms with Gasteiger partial charge in [-0.05, 0) is 61.8 Å². The number of aryl methyl sites for hydroxylation is 2. The Balaban J connectivity index is 1.61. The van der Waals surface area contributed by atoms with Crippen molar-refractivity contribution in [1.82, 2.24) is 9.80 Å². The zero-order chi connectivity index (χ0) is 19.1. The second-order valence-corrected chi connectivity index (χ2v) is 7.44. The van der Waals surface area contributed by atoms with Gasteiger partial charge in [0.15, 0.2) is 5.11 Å². The van der Waals surface area contributed by atoms with Crippen molar-refractivity contribution in [2.45, 2.75) is 26.8 Å². The molecule has 1 aromatic carbocycles. The van der Waals surface area contributed by atoms with Crippen LogP contribution in [-0.4, -0.2) is 54.3 Å². The van der Waals surface area contributed by atoms with Gasteiger partial charge in [-0.3, -0.25) is 4.90 Å². The quantitative estimate of drug-likeness (QED) is 0.729. The lowest BCUT2D eigenvalue weighted by molar-refractivity contribution is 0.0367. The van der Waals surface area contributed by atoms with Crippen LogP contribution in [0.1, 0.15) is 23.3 Å². The van der Waals surface area contributed by atoms with E-state index in [0.717, 1.165) is 62.4 Å². The Morgan fingerprint density at radius 1 is 1.22 bits per heavy atom. The van der Waals surface area contributed by atoms with E-state index in [4.69, 9.17) is 21.4 Å². The fourth-order valence-corrected chi connectivity index (χ4v) is 3.48. The van der Waals surface area contributed by atoms with E-state index >= 15 is 0 Å². The third kappa shape index (κ3) is 6.06. The predicted octanol–water partition coefficient (Wildman–Crippen LogP) is 3.82. The van der Waals surface area contributed by atoms with Crippen LogP contribution in [0.25, 0.3) is 0 Å². The van der Waals surface area contributed by atoms with Crippen molar-refractivity contribution in [2.24, 2.45) is 0 Å². The molecule has 0 saturated carbocycles. The van der Waals surface area contributed by atoms with Gasteiger partial charge in [0.2, 0.25) is 0 Å². The number of hydrogen-bond acceptors (Lipinski definition) is 4. The summed E-state index contributed by atoms with van der Waals surface area (Å²) in [5, 5.41) is 4.17. The number of hydrogen-bond donors (Lipinski definition) is 1. The number of nitrogens with zero attached hydrogens (tertiary/aromatic N) is 2. The fourth-order valence-electron chi connectivity index (χ4n) is 3.22. The highest BCUT2D eigenvalue weighted by Crippen LogP contribution is 2.18. The van der Waals surface area contributed by atoms with Crippen LogP contribution in [0, 0.1) is 13.8 Å². The Morgan fingerprint density at radius 3 is 2.78 bits per heavy atom. The Kier molecular flexibility index (Phi) is 7.26. The summed E-state index contributed by atoms with van der Waals surface area (Å²) < 4.78 is 11.0. The largest absolute Gasteiger partial charge is 0.467 e. The predicted molar refractivity (Wildman–Crippen MR) is 113 cm³/mol. The van der Waals surface area contributed by atoms with Crippen LogP contribution in [0.4, 0.5) is 5.69 Å². The minimum atomic E-state index is 0.673. The van der Waals surface area contributed by atoms with Gasteiger partial charge in [-0.1, -0.05) is 12.1 Å². The van der Waals surface area contributed by atoms with Gasteiger partial charge in [0.1, 0.15) is 5.76 Å². The van der Waals surface area contributed by atoms with Gasteiger partial charge in [0, 0.05) is 31.9 Å². The van der Waals surface area contributed by atoms with Gasteiger partial charge in [-0.25, -0.2) is 0 Å². The molecule has 0 aliphatic carbocycles. The van der Waals surface area contributed by atoms with Crippen molar-refractivity contribution < 1.29 is 9.15 Å². The maximum Gasteiger partial charge on any atom is 0.173 e. The summed E-state index contributed by atoms with van der Waals surface area (Å²) in [5.41, 5.74) is 3.47. The fraction of sp³-hybridized carbons (Fsp3) is 0.476. The second kappa shape index (κ2) is 9.88. The molecule has 1 fully saturated rings. The molecular formula is C21H29N3O2S. The van der Waals surface area contributed by atoms with Crippen molar-refractivity contribution in [2.75, 3.05) is 44.7 Å². The van der Waals surface area contributed by atoms with Crippen LogP contribution in [0.2, 0.25) is 0 Å². The van der Waals surface area contributed by atoms with Crippen molar-refractivity contribution in [3.63, 3.8) is 0 Å². The molecule has 0 unspecified atom stereocenters. The normalized spacial score (nSPS) is 14.9. The summed E-state index contributed by atoms with van der Waals surface area (Å²) >= 11 is 5.74. The summed E-state index contributed by atoms with van der Waals surface area (Å²) in [5.74, 6) is 0.923. The summed E-state index contributed by atoms with van der Waals surface area (Å²) in [7, 11) is 0. The molecule has 2 aromatic rings. The van der Waals surface area contributed by atoms with E-state index in [1.165, 1.54) is 11.1 Å². The molecule has 27 heavy (non-hydrogen) atoms. The first-order chi connectivity index (χ1) is 13.1. The summed E-state index contributed by atoms with van der Waals surface area (Å²) in [4.78, 5) is 4.64. The van der Waals surface area contributed by atoms with Crippen LogP contribution in [0.15, 0.2) is 41.0 Å². The Labute approximate surface area is 167 Å². The maximum absolute atomic E-state index is 5.74. The number of thiocarbonyl (C=S) groups is 1. The number of anilines is 1. The topological polar surface area (TPSA) is 40.9 Å². The molecule has 0 spiro atoms. The van der Waals surface area contributed by atoms with Crippen LogP contribution in [-0.2, 0) is 11.3 Å². The lowest BCUT2D eigenvalue weighted by atomic mass is 10.1. The van der Waals surface area contributed by atoms with Gasteiger partial charge in [-0.15, -0.1) is 0 Å². The molecule has 146 valence electrons. The first-order valence-corrected chi connectivity index (χ1v) is 9.98. The minimum Gasteiger partial charge on any atom is -0.467 e. The average Bonchev–Trinajstić information content (AvgIpc) is 3.18. The lowest BCUT2D eigenvalue weighted by Crippen LogP contribution is -2.40. The molecule has 5 nitrogen and oxygen atoms in total. The van der Waals surface area contributed by atoms with E-state index in [1.54, 1.807) is 6.26 Å². The van der Waals surface area contributed by atoms with Crippen LogP contribution in [0.3, 0.4) is 0 Å². The first-order valence-electron chi connectivity index (χ1n) is 9.57. The summed E-state index contributed by atoms with van der Waals surface area (Å²) in [6, 6.07) is 10.3. The molecule has 2 heterocycles. The van der Waals surface area contributed by atoms with Crippen LogP contribution < -0.4 is 5.32 Å². The zero-order valence-corrected chi connectivity index (χ0v) is 17.1. The Hall–Kier alpha value is -1.89. The molecule has 3 rings (SSSR count). The average molecular weight is 388 g/mol. The highest BCUT2D eigenvalue weighted by molar-refractivity contribution is 7.80. The highest BCUT2D eigenvalue weighted by Gasteiger charge is 2.15. The number of morpholine rings is 1. The number of ether oxygens (including phenoxy) is 1. The van der Waals surface area contributed by atoms with Gasteiger partial charge < -0.3 is 19.4 Å². The second-order valence-electron chi connectivity index (χ2n) is 7.06.